The first-order valence-corrected chi connectivity index (χ1v) is 9.63. The Balaban J connectivity index is 1.53. The zero-order chi connectivity index (χ0) is 19.8. The summed E-state index contributed by atoms with van der Waals surface area (Å²) < 4.78 is 7.22. The van der Waals surface area contributed by atoms with Crippen molar-refractivity contribution in [2.45, 2.75) is 32.5 Å². The van der Waals surface area contributed by atoms with Gasteiger partial charge < -0.3 is 15.4 Å². The molecule has 2 heterocycles. The van der Waals surface area contributed by atoms with E-state index < -0.39 is 6.04 Å². The number of nitrogens with zero attached hydrogens (tertiary/aromatic N) is 3. The van der Waals surface area contributed by atoms with Crippen LogP contribution in [0.25, 0.3) is 0 Å². The maximum absolute atomic E-state index is 12.4. The van der Waals surface area contributed by atoms with Crippen molar-refractivity contribution in [3.63, 3.8) is 0 Å². The average molecular weight is 385 g/mol. The summed E-state index contributed by atoms with van der Waals surface area (Å²) in [6.07, 6.45) is 3.69. The largest absolute Gasteiger partial charge is 0.494 e. The van der Waals surface area contributed by atoms with Crippen LogP contribution in [0.2, 0.25) is 0 Å². The molecule has 2 aromatic rings. The molecule has 1 aliphatic rings. The van der Waals surface area contributed by atoms with Gasteiger partial charge >= 0.3 is 0 Å². The van der Waals surface area contributed by atoms with E-state index in [1.807, 2.05) is 43.5 Å². The van der Waals surface area contributed by atoms with Crippen molar-refractivity contribution in [3.8, 4) is 5.75 Å². The van der Waals surface area contributed by atoms with Crippen LogP contribution in [0, 0.1) is 0 Å². The lowest BCUT2D eigenvalue weighted by Gasteiger charge is -2.34. The van der Waals surface area contributed by atoms with Gasteiger partial charge in [0.05, 0.1) is 25.6 Å². The van der Waals surface area contributed by atoms with Gasteiger partial charge in [-0.1, -0.05) is 12.1 Å². The molecule has 150 valence electrons. The normalized spacial score (nSPS) is 17.2. The predicted molar refractivity (Wildman–Crippen MR) is 105 cm³/mol. The smallest absolute Gasteiger partial charge is 0.237 e. The molecule has 8 heteroatoms. The van der Waals surface area contributed by atoms with Crippen molar-refractivity contribution < 1.29 is 14.3 Å². The van der Waals surface area contributed by atoms with Crippen molar-refractivity contribution in [1.82, 2.24) is 25.3 Å². The highest BCUT2D eigenvalue weighted by Crippen LogP contribution is 2.17. The Hall–Kier alpha value is -2.87. The average Bonchev–Trinajstić information content (AvgIpc) is 3.20. The summed E-state index contributed by atoms with van der Waals surface area (Å²) in [6.45, 7) is 5.58. The van der Waals surface area contributed by atoms with Crippen LogP contribution >= 0.6 is 0 Å². The number of rotatable bonds is 9. The molecule has 3 rings (SSSR count). The monoisotopic (exact) mass is 385 g/mol. The molecule has 2 N–H and O–H groups in total. The number of nitrogens with one attached hydrogen (secondary N) is 2. The predicted octanol–water partition coefficient (Wildman–Crippen LogP) is 0.789. The molecule has 0 saturated carbocycles. The third-order valence-corrected chi connectivity index (χ3v) is 4.66. The third kappa shape index (κ3) is 5.56. The maximum atomic E-state index is 12.4. The molecule has 0 spiro atoms. The number of carbonyl (C=O) groups is 2. The first-order valence-electron chi connectivity index (χ1n) is 9.63. The van der Waals surface area contributed by atoms with E-state index in [2.05, 4.69) is 20.6 Å². The van der Waals surface area contributed by atoms with Gasteiger partial charge in [0.1, 0.15) is 5.75 Å². The Morgan fingerprint density at radius 1 is 1.36 bits per heavy atom. The lowest BCUT2D eigenvalue weighted by Crippen LogP contribution is -2.56. The van der Waals surface area contributed by atoms with Crippen molar-refractivity contribution >= 4 is 11.8 Å². The molecule has 1 fully saturated rings. The maximum Gasteiger partial charge on any atom is 0.237 e. The summed E-state index contributed by atoms with van der Waals surface area (Å²) >= 11 is 0. The van der Waals surface area contributed by atoms with Gasteiger partial charge in [0.25, 0.3) is 0 Å². The summed E-state index contributed by atoms with van der Waals surface area (Å²) in [5.41, 5.74) is 1.09. The van der Waals surface area contributed by atoms with Crippen molar-refractivity contribution in [2.75, 3.05) is 26.2 Å². The van der Waals surface area contributed by atoms with E-state index in [-0.39, 0.29) is 18.2 Å². The minimum Gasteiger partial charge on any atom is -0.494 e. The quantitative estimate of drug-likeness (QED) is 0.666. The van der Waals surface area contributed by atoms with Crippen LogP contribution in [0.15, 0.2) is 42.7 Å². The Morgan fingerprint density at radius 2 is 2.18 bits per heavy atom. The summed E-state index contributed by atoms with van der Waals surface area (Å²) in [4.78, 5) is 26.8. The number of piperazine rings is 1. The summed E-state index contributed by atoms with van der Waals surface area (Å²) in [5.74, 6) is 0.598. The molecular formula is C20H27N5O3. The Bertz CT molecular complexity index is 761. The molecule has 0 bridgehead atoms. The number of hydrogen-bond donors (Lipinski definition) is 2. The minimum absolute atomic E-state index is 0.0978. The van der Waals surface area contributed by atoms with E-state index in [1.165, 1.54) is 0 Å². The zero-order valence-corrected chi connectivity index (χ0v) is 16.1. The van der Waals surface area contributed by atoms with Crippen LogP contribution in [0.4, 0.5) is 0 Å². The Labute approximate surface area is 164 Å². The minimum atomic E-state index is -0.468. The first-order chi connectivity index (χ1) is 13.7. The van der Waals surface area contributed by atoms with Gasteiger partial charge in [0.15, 0.2) is 0 Å². The molecule has 1 atom stereocenters. The molecule has 1 aliphatic heterocycles. The molecule has 28 heavy (non-hydrogen) atoms. The fourth-order valence-corrected chi connectivity index (χ4v) is 3.26. The van der Waals surface area contributed by atoms with Gasteiger partial charge in [-0.25, -0.2) is 0 Å². The van der Waals surface area contributed by atoms with Crippen LogP contribution in [-0.2, 0) is 22.7 Å². The van der Waals surface area contributed by atoms with Gasteiger partial charge in [-0.15, -0.1) is 0 Å². The topological polar surface area (TPSA) is 88.5 Å². The molecule has 1 saturated heterocycles. The highest BCUT2D eigenvalue weighted by molar-refractivity contribution is 5.88. The number of ether oxygens (including phenoxy) is 1. The molecule has 1 aromatic carbocycles. The van der Waals surface area contributed by atoms with Gasteiger partial charge in [-0.05, 0) is 30.7 Å². The molecule has 8 nitrogen and oxygen atoms in total. The molecule has 0 radical (unpaired) electrons. The summed E-state index contributed by atoms with van der Waals surface area (Å²) in [7, 11) is 0. The van der Waals surface area contributed by atoms with Gasteiger partial charge in [0, 0.05) is 38.6 Å². The van der Waals surface area contributed by atoms with Crippen molar-refractivity contribution in [2.24, 2.45) is 0 Å². The molecular weight excluding hydrogens is 358 g/mol. The van der Waals surface area contributed by atoms with Crippen LogP contribution in [-0.4, -0.2) is 58.8 Å². The zero-order valence-electron chi connectivity index (χ0n) is 16.1. The third-order valence-electron chi connectivity index (χ3n) is 4.66. The fraction of sp³-hybridized carbons (Fsp3) is 0.450. The van der Waals surface area contributed by atoms with Crippen molar-refractivity contribution in [3.05, 3.63) is 48.3 Å². The molecule has 0 unspecified atom stereocenters. The van der Waals surface area contributed by atoms with E-state index in [4.69, 9.17) is 4.74 Å². The van der Waals surface area contributed by atoms with Crippen LogP contribution in [0.1, 0.15) is 18.9 Å². The van der Waals surface area contributed by atoms with Crippen LogP contribution < -0.4 is 15.4 Å². The number of benzene rings is 1. The fourth-order valence-electron chi connectivity index (χ4n) is 3.26. The number of carbonyl (C=O) groups excluding carboxylic acids is 2. The molecule has 0 aliphatic carbocycles. The second kappa shape index (κ2) is 9.89. The lowest BCUT2D eigenvalue weighted by molar-refractivity contribution is -0.134. The number of amides is 2. The number of aromatic nitrogens is 2. The van der Waals surface area contributed by atoms with Crippen LogP contribution in [0.3, 0.4) is 0 Å². The van der Waals surface area contributed by atoms with E-state index >= 15 is 0 Å². The molecule has 1 aromatic heterocycles. The van der Waals surface area contributed by atoms with Crippen LogP contribution in [0.5, 0.6) is 5.75 Å². The summed E-state index contributed by atoms with van der Waals surface area (Å²) in [5, 5.41) is 9.84. The Morgan fingerprint density at radius 3 is 2.89 bits per heavy atom. The van der Waals surface area contributed by atoms with Gasteiger partial charge in [-0.2, -0.15) is 5.10 Å². The van der Waals surface area contributed by atoms with E-state index in [0.717, 1.165) is 11.3 Å². The van der Waals surface area contributed by atoms with E-state index in [1.54, 1.807) is 10.9 Å². The Kier molecular flexibility index (Phi) is 7.02. The van der Waals surface area contributed by atoms with Crippen molar-refractivity contribution in [1.29, 1.82) is 0 Å². The summed E-state index contributed by atoms with van der Waals surface area (Å²) in [6, 6.07) is 9.23. The lowest BCUT2D eigenvalue weighted by atomic mass is 10.1. The van der Waals surface area contributed by atoms with Gasteiger partial charge in [0.2, 0.25) is 11.8 Å². The standard InChI is InChI=1S/C20H27N5O3/c1-2-28-17-6-4-16(5-7-17)15-24-12-9-22-20(27)18(24)14-19(26)21-10-13-25-11-3-8-23-25/h3-8,11,18H,2,9-10,12-15H2,1H3,(H,21,26)(H,22,27)/t18-/m0/s1. The van der Waals surface area contributed by atoms with E-state index in [9.17, 15) is 9.59 Å². The number of hydrogen-bond acceptors (Lipinski definition) is 5. The van der Waals surface area contributed by atoms with Gasteiger partial charge in [-0.3, -0.25) is 19.2 Å². The molecule has 2 amide bonds. The first kappa shape index (κ1) is 19.9. The highest BCUT2D eigenvalue weighted by atomic mass is 16.5. The highest BCUT2D eigenvalue weighted by Gasteiger charge is 2.31. The van der Waals surface area contributed by atoms with E-state index in [0.29, 0.717) is 39.3 Å². The SMILES string of the molecule is CCOc1ccc(CN2CCNC(=O)[C@@H]2CC(=O)NCCn2cccn2)cc1. The second-order valence-electron chi connectivity index (χ2n) is 6.68. The second-order valence-corrected chi connectivity index (χ2v) is 6.68.